The summed E-state index contributed by atoms with van der Waals surface area (Å²) < 4.78 is 16.2. The number of rotatable bonds is 6. The number of halogens is 1. The molecule has 1 unspecified atom stereocenters. The zero-order chi connectivity index (χ0) is 28.1. The van der Waals surface area contributed by atoms with Gasteiger partial charge in [0, 0.05) is 26.7 Å². The van der Waals surface area contributed by atoms with E-state index in [1.165, 1.54) is 4.90 Å². The van der Waals surface area contributed by atoms with Crippen LogP contribution in [0.25, 0.3) is 0 Å². The molecule has 3 N–H and O–H groups in total. The summed E-state index contributed by atoms with van der Waals surface area (Å²) in [6.45, 7) is 11.0. The average Bonchev–Trinajstić information content (AvgIpc) is 3.62. The Hall–Kier alpha value is -4.03. The van der Waals surface area contributed by atoms with Gasteiger partial charge < -0.3 is 20.6 Å². The van der Waals surface area contributed by atoms with Gasteiger partial charge in [0.15, 0.2) is 11.6 Å². The highest BCUT2D eigenvalue weighted by atomic mass is 19.1. The molecule has 0 radical (unpaired) electrons. The number of nitrogens with zero attached hydrogens (tertiary/aromatic N) is 8. The van der Waals surface area contributed by atoms with E-state index in [4.69, 9.17) is 4.98 Å². The van der Waals surface area contributed by atoms with Crippen LogP contribution in [-0.4, -0.2) is 71.2 Å². The fourth-order valence-electron chi connectivity index (χ4n) is 4.99. The molecule has 1 atom stereocenters. The molecule has 13 heteroatoms. The molecule has 2 aliphatic rings. The summed E-state index contributed by atoms with van der Waals surface area (Å²) in [6.07, 6.45) is 4.44. The lowest BCUT2D eigenvalue weighted by Crippen LogP contribution is -2.67. The van der Waals surface area contributed by atoms with Crippen molar-refractivity contribution >= 4 is 35.2 Å². The number of aromatic nitrogens is 6. The molecule has 1 saturated heterocycles. The maximum absolute atomic E-state index is 14.6. The van der Waals surface area contributed by atoms with E-state index in [1.54, 1.807) is 37.1 Å². The molecular weight excluding hydrogens is 503 g/mol. The Kier molecular flexibility index (Phi) is 6.55. The summed E-state index contributed by atoms with van der Waals surface area (Å²) in [7, 11) is 1.77. The number of piperazine rings is 1. The van der Waals surface area contributed by atoms with Gasteiger partial charge in [0.05, 0.1) is 29.3 Å². The number of carbonyl (C=O) groups is 1. The number of hydrogen-bond acceptors (Lipinski definition) is 9. The average molecular weight is 539 g/mol. The molecule has 1 saturated carbocycles. The third-order valence-electron chi connectivity index (χ3n) is 7.90. The molecule has 208 valence electrons. The van der Waals surface area contributed by atoms with Crippen molar-refractivity contribution in [1.82, 2.24) is 34.8 Å². The summed E-state index contributed by atoms with van der Waals surface area (Å²) in [4.78, 5) is 29.4. The molecule has 4 heterocycles. The molecule has 39 heavy (non-hydrogen) atoms. The molecule has 3 aromatic heterocycles. The second kappa shape index (κ2) is 9.62. The Morgan fingerprint density at radius 1 is 1.18 bits per heavy atom. The Morgan fingerprint density at radius 2 is 1.92 bits per heavy atom. The van der Waals surface area contributed by atoms with Gasteiger partial charge >= 0.3 is 6.09 Å². The first-order chi connectivity index (χ1) is 18.4. The van der Waals surface area contributed by atoms with Gasteiger partial charge in [0.1, 0.15) is 11.6 Å². The van der Waals surface area contributed by atoms with Crippen LogP contribution in [0.1, 0.15) is 57.7 Å². The minimum absolute atomic E-state index is 0.228. The van der Waals surface area contributed by atoms with E-state index < -0.39 is 11.6 Å². The molecule has 0 spiro atoms. The largest absolute Gasteiger partial charge is 0.465 e. The van der Waals surface area contributed by atoms with Crippen molar-refractivity contribution in [3.05, 3.63) is 35.5 Å². The number of aryl methyl sites for hydroxylation is 2. The highest BCUT2D eigenvalue weighted by Crippen LogP contribution is 2.43. The second-order valence-electron chi connectivity index (χ2n) is 11.6. The van der Waals surface area contributed by atoms with Crippen LogP contribution in [0, 0.1) is 18.2 Å². The quantitative estimate of drug-likeness (QED) is 0.414. The van der Waals surface area contributed by atoms with E-state index in [0.717, 1.165) is 12.8 Å². The van der Waals surface area contributed by atoms with Crippen LogP contribution in [0.3, 0.4) is 0 Å². The number of pyridine rings is 1. The molecule has 3 aromatic rings. The van der Waals surface area contributed by atoms with Gasteiger partial charge in [-0.2, -0.15) is 4.98 Å². The van der Waals surface area contributed by atoms with Crippen LogP contribution in [0.15, 0.2) is 18.5 Å². The third kappa shape index (κ3) is 5.17. The number of hydrogen-bond donors (Lipinski definition) is 3. The number of anilines is 5. The van der Waals surface area contributed by atoms with Crippen LogP contribution in [0.5, 0.6) is 0 Å². The maximum atomic E-state index is 14.6. The fourth-order valence-corrected chi connectivity index (χ4v) is 4.99. The third-order valence-corrected chi connectivity index (χ3v) is 7.90. The first-order valence-electron chi connectivity index (χ1n) is 13.1. The number of amides is 1. The van der Waals surface area contributed by atoms with Crippen molar-refractivity contribution in [2.75, 3.05) is 35.2 Å². The van der Waals surface area contributed by atoms with Gasteiger partial charge in [-0.05, 0) is 49.7 Å². The van der Waals surface area contributed by atoms with Gasteiger partial charge in [0.25, 0.3) is 0 Å². The summed E-state index contributed by atoms with van der Waals surface area (Å²) in [5, 5.41) is 24.4. The minimum atomic E-state index is -0.937. The molecule has 5 rings (SSSR count). The van der Waals surface area contributed by atoms with E-state index in [0.29, 0.717) is 54.0 Å². The smallest absolute Gasteiger partial charge is 0.407 e. The highest BCUT2D eigenvalue weighted by molar-refractivity contribution is 5.73. The monoisotopic (exact) mass is 538 g/mol. The highest BCUT2D eigenvalue weighted by Gasteiger charge is 2.49. The standard InChI is InChI=1S/C26H35FN10O2/c1-15-21(27)17(16-7-8-16)11-19(29-15)31-23-28-12-18(22(32-23)30-20-13-35(6)34-33-20)36-9-10-37(24(38)39)26(5,14-36)25(2,3)4/h11-13,16H,7-10,14H2,1-6H3,(H,38,39)(H2,28,29,30,31,32). The second-order valence-corrected chi connectivity index (χ2v) is 11.6. The van der Waals surface area contributed by atoms with Crippen molar-refractivity contribution in [3.63, 3.8) is 0 Å². The van der Waals surface area contributed by atoms with E-state index in [2.05, 4.69) is 35.8 Å². The Balaban J connectivity index is 1.50. The first-order valence-corrected chi connectivity index (χ1v) is 13.1. The predicted molar refractivity (Wildman–Crippen MR) is 145 cm³/mol. The van der Waals surface area contributed by atoms with Gasteiger partial charge in [0.2, 0.25) is 5.95 Å². The van der Waals surface area contributed by atoms with Crippen molar-refractivity contribution < 1.29 is 14.3 Å². The van der Waals surface area contributed by atoms with E-state index >= 15 is 0 Å². The lowest BCUT2D eigenvalue weighted by molar-refractivity contribution is 0.00747. The van der Waals surface area contributed by atoms with Crippen LogP contribution >= 0.6 is 0 Å². The Bertz CT molecular complexity index is 1400. The molecule has 1 aliphatic heterocycles. The van der Waals surface area contributed by atoms with E-state index in [1.807, 2.05) is 27.7 Å². The lowest BCUT2D eigenvalue weighted by Gasteiger charge is -2.54. The summed E-state index contributed by atoms with van der Waals surface area (Å²) in [5.41, 5.74) is 0.684. The topological polar surface area (TPSA) is 137 Å². The van der Waals surface area contributed by atoms with Crippen molar-refractivity contribution in [1.29, 1.82) is 0 Å². The van der Waals surface area contributed by atoms with Gasteiger partial charge in [-0.1, -0.05) is 26.0 Å². The normalized spacial score (nSPS) is 19.8. The van der Waals surface area contributed by atoms with Crippen LogP contribution in [0.2, 0.25) is 0 Å². The molecule has 0 bridgehead atoms. The van der Waals surface area contributed by atoms with Crippen molar-refractivity contribution in [2.24, 2.45) is 12.5 Å². The molecule has 1 amide bonds. The summed E-state index contributed by atoms with van der Waals surface area (Å²) in [6, 6.07) is 1.73. The van der Waals surface area contributed by atoms with Crippen LogP contribution < -0.4 is 15.5 Å². The number of carboxylic acid groups (broad SMARTS) is 1. The molecule has 2 fully saturated rings. The Morgan fingerprint density at radius 3 is 2.54 bits per heavy atom. The molecule has 12 nitrogen and oxygen atoms in total. The SMILES string of the molecule is Cc1nc(Nc2ncc(N3CCN(C(=O)O)C(C)(C(C)(C)C)C3)c(Nc3cn(C)nn3)n2)cc(C2CC2)c1F. The molecular formula is C26H35FN10O2. The van der Waals surface area contributed by atoms with Crippen molar-refractivity contribution in [2.45, 2.75) is 58.9 Å². The summed E-state index contributed by atoms with van der Waals surface area (Å²) in [5.74, 6) is 1.71. The fraction of sp³-hybridized carbons (Fsp3) is 0.538. The first kappa shape index (κ1) is 26.6. The maximum Gasteiger partial charge on any atom is 0.407 e. The van der Waals surface area contributed by atoms with Crippen molar-refractivity contribution in [3.8, 4) is 0 Å². The van der Waals surface area contributed by atoms with E-state index in [9.17, 15) is 14.3 Å². The van der Waals surface area contributed by atoms with Gasteiger partial charge in [-0.15, -0.1) is 5.10 Å². The van der Waals surface area contributed by atoms with Gasteiger partial charge in [-0.25, -0.2) is 19.2 Å². The molecule has 0 aromatic carbocycles. The predicted octanol–water partition coefficient (Wildman–Crippen LogP) is 4.42. The van der Waals surface area contributed by atoms with Crippen LogP contribution in [0.4, 0.5) is 38.3 Å². The Labute approximate surface area is 226 Å². The number of nitrogens with one attached hydrogen (secondary N) is 2. The zero-order valence-electron chi connectivity index (χ0n) is 23.2. The summed E-state index contributed by atoms with van der Waals surface area (Å²) >= 11 is 0. The minimum Gasteiger partial charge on any atom is -0.465 e. The zero-order valence-corrected chi connectivity index (χ0v) is 23.2. The lowest BCUT2D eigenvalue weighted by atomic mass is 9.72. The van der Waals surface area contributed by atoms with Gasteiger partial charge in [-0.3, -0.25) is 9.58 Å². The molecule has 1 aliphatic carbocycles. The van der Waals surface area contributed by atoms with Crippen LogP contribution in [-0.2, 0) is 7.05 Å². The van der Waals surface area contributed by atoms with E-state index in [-0.39, 0.29) is 23.1 Å².